The van der Waals surface area contributed by atoms with Crippen molar-refractivity contribution in [3.05, 3.63) is 71.3 Å². The van der Waals surface area contributed by atoms with E-state index in [0.29, 0.717) is 23.7 Å². The molecule has 136 valence electrons. The van der Waals surface area contributed by atoms with Gasteiger partial charge in [0.25, 0.3) is 5.91 Å². The third-order valence-corrected chi connectivity index (χ3v) is 4.87. The highest BCUT2D eigenvalue weighted by atomic mass is 16.4. The van der Waals surface area contributed by atoms with Crippen LogP contribution in [0.1, 0.15) is 45.5 Å². The van der Waals surface area contributed by atoms with Crippen LogP contribution in [-0.4, -0.2) is 41.0 Å². The van der Waals surface area contributed by atoms with E-state index in [0.717, 1.165) is 31.5 Å². The molecular weight excluding hydrogens is 328 g/mol. The van der Waals surface area contributed by atoms with Crippen molar-refractivity contribution >= 4 is 11.9 Å². The van der Waals surface area contributed by atoms with Crippen LogP contribution < -0.4 is 5.32 Å². The quantitative estimate of drug-likeness (QED) is 0.838. The maximum Gasteiger partial charge on any atom is 0.335 e. The molecule has 26 heavy (non-hydrogen) atoms. The topological polar surface area (TPSA) is 69.6 Å². The highest BCUT2D eigenvalue weighted by Crippen LogP contribution is 2.19. The first-order valence-corrected chi connectivity index (χ1v) is 9.03. The zero-order valence-electron chi connectivity index (χ0n) is 14.7. The smallest absolute Gasteiger partial charge is 0.335 e. The Kier molecular flexibility index (Phi) is 6.02. The number of benzene rings is 2. The average Bonchev–Trinajstić information content (AvgIpc) is 2.68. The molecule has 1 amide bonds. The number of likely N-dealkylation sites (tertiary alicyclic amines) is 1. The summed E-state index contributed by atoms with van der Waals surface area (Å²) in [4.78, 5) is 25.6. The molecule has 1 aliphatic heterocycles. The van der Waals surface area contributed by atoms with Gasteiger partial charge in [-0.3, -0.25) is 9.69 Å². The van der Waals surface area contributed by atoms with Crippen molar-refractivity contribution < 1.29 is 14.7 Å². The van der Waals surface area contributed by atoms with Crippen LogP contribution >= 0.6 is 0 Å². The number of nitrogens with one attached hydrogen (secondary N) is 1. The third kappa shape index (κ3) is 4.70. The molecule has 1 fully saturated rings. The summed E-state index contributed by atoms with van der Waals surface area (Å²) in [6, 6.07) is 16.6. The second-order valence-electron chi connectivity index (χ2n) is 6.70. The molecule has 2 aromatic carbocycles. The van der Waals surface area contributed by atoms with Crippen LogP contribution in [0.3, 0.4) is 0 Å². The van der Waals surface area contributed by atoms with Crippen LogP contribution in [0.5, 0.6) is 0 Å². The van der Waals surface area contributed by atoms with E-state index in [9.17, 15) is 9.59 Å². The maximum atomic E-state index is 12.3. The number of carboxylic acids is 1. The van der Waals surface area contributed by atoms with E-state index in [1.54, 1.807) is 12.1 Å². The van der Waals surface area contributed by atoms with E-state index < -0.39 is 5.97 Å². The largest absolute Gasteiger partial charge is 0.478 e. The van der Waals surface area contributed by atoms with Crippen molar-refractivity contribution in [2.45, 2.75) is 31.8 Å². The van der Waals surface area contributed by atoms with Crippen molar-refractivity contribution in [1.29, 1.82) is 0 Å². The van der Waals surface area contributed by atoms with Crippen LogP contribution in [0.4, 0.5) is 0 Å². The number of carbonyl (C=O) groups is 2. The molecule has 0 spiro atoms. The van der Waals surface area contributed by atoms with Crippen LogP contribution in [0, 0.1) is 0 Å². The summed E-state index contributed by atoms with van der Waals surface area (Å²) in [5.74, 6) is -0.946. The molecule has 0 saturated carbocycles. The van der Waals surface area contributed by atoms with Crippen LogP contribution in [-0.2, 0) is 6.54 Å². The summed E-state index contributed by atoms with van der Waals surface area (Å²) < 4.78 is 0. The normalized spacial score (nSPS) is 17.6. The molecule has 1 heterocycles. The second-order valence-corrected chi connectivity index (χ2v) is 6.70. The Morgan fingerprint density at radius 1 is 1.00 bits per heavy atom. The number of carboxylic acid groups (broad SMARTS) is 1. The number of aromatic carboxylic acids is 1. The minimum atomic E-state index is -0.906. The number of nitrogens with zero attached hydrogens (tertiary/aromatic N) is 1. The van der Waals surface area contributed by atoms with Gasteiger partial charge in [0.2, 0.25) is 0 Å². The molecular formula is C21H24N2O3. The fourth-order valence-electron chi connectivity index (χ4n) is 3.39. The summed E-state index contributed by atoms with van der Waals surface area (Å²) in [6.07, 6.45) is 3.37. The second kappa shape index (κ2) is 8.63. The van der Waals surface area contributed by atoms with E-state index in [1.165, 1.54) is 6.42 Å². The van der Waals surface area contributed by atoms with E-state index >= 15 is 0 Å². The highest BCUT2D eigenvalue weighted by molar-refractivity contribution is 5.94. The van der Waals surface area contributed by atoms with Gasteiger partial charge in [-0.2, -0.15) is 0 Å². The molecule has 0 aromatic heterocycles. The molecule has 3 rings (SSSR count). The van der Waals surface area contributed by atoms with E-state index in [-0.39, 0.29) is 5.91 Å². The van der Waals surface area contributed by atoms with Gasteiger partial charge in [-0.1, -0.05) is 36.8 Å². The SMILES string of the molecule is O=C(O)c1ccc(CN2CCCCC2CNC(=O)c2ccccc2)cc1. The first-order valence-electron chi connectivity index (χ1n) is 9.03. The predicted octanol–water partition coefficient (Wildman–Crippen LogP) is 3.17. The van der Waals surface area contributed by atoms with E-state index in [1.807, 2.05) is 42.5 Å². The van der Waals surface area contributed by atoms with Crippen LogP contribution in [0.2, 0.25) is 0 Å². The van der Waals surface area contributed by atoms with Crippen LogP contribution in [0.25, 0.3) is 0 Å². The fourth-order valence-corrected chi connectivity index (χ4v) is 3.39. The Balaban J connectivity index is 1.59. The maximum absolute atomic E-state index is 12.3. The van der Waals surface area contributed by atoms with Crippen molar-refractivity contribution in [3.63, 3.8) is 0 Å². The summed E-state index contributed by atoms with van der Waals surface area (Å²) >= 11 is 0. The summed E-state index contributed by atoms with van der Waals surface area (Å²) in [5.41, 5.74) is 2.08. The van der Waals surface area contributed by atoms with Crippen LogP contribution in [0.15, 0.2) is 54.6 Å². The molecule has 1 unspecified atom stereocenters. The molecule has 1 saturated heterocycles. The van der Waals surface area contributed by atoms with Gasteiger partial charge in [0.1, 0.15) is 0 Å². The number of hydrogen-bond donors (Lipinski definition) is 2. The minimum absolute atomic E-state index is 0.0399. The third-order valence-electron chi connectivity index (χ3n) is 4.87. The highest BCUT2D eigenvalue weighted by Gasteiger charge is 2.23. The van der Waals surface area contributed by atoms with Crippen molar-refractivity contribution in [2.75, 3.05) is 13.1 Å². The van der Waals surface area contributed by atoms with Crippen molar-refractivity contribution in [3.8, 4) is 0 Å². The van der Waals surface area contributed by atoms with E-state index in [2.05, 4.69) is 10.2 Å². The van der Waals surface area contributed by atoms with Gasteiger partial charge in [0.15, 0.2) is 0 Å². The Labute approximate surface area is 153 Å². The van der Waals surface area contributed by atoms with Crippen molar-refractivity contribution in [2.24, 2.45) is 0 Å². The van der Waals surface area contributed by atoms with Gasteiger partial charge >= 0.3 is 5.97 Å². The van der Waals surface area contributed by atoms with Gasteiger partial charge in [0.05, 0.1) is 5.56 Å². The van der Waals surface area contributed by atoms with E-state index in [4.69, 9.17) is 5.11 Å². The average molecular weight is 352 g/mol. The Hall–Kier alpha value is -2.66. The molecule has 0 radical (unpaired) electrons. The lowest BCUT2D eigenvalue weighted by molar-refractivity contribution is 0.0696. The lowest BCUT2D eigenvalue weighted by Gasteiger charge is -2.36. The monoisotopic (exact) mass is 352 g/mol. The number of carbonyl (C=O) groups excluding carboxylic acids is 1. The predicted molar refractivity (Wildman–Crippen MR) is 100 cm³/mol. The fraction of sp³-hybridized carbons (Fsp3) is 0.333. The first kappa shape index (κ1) is 18.1. The Morgan fingerprint density at radius 3 is 2.42 bits per heavy atom. The first-order chi connectivity index (χ1) is 12.6. The lowest BCUT2D eigenvalue weighted by Crippen LogP contribution is -2.46. The summed E-state index contributed by atoms with van der Waals surface area (Å²) in [6.45, 7) is 2.39. The molecule has 1 atom stereocenters. The zero-order valence-corrected chi connectivity index (χ0v) is 14.7. The van der Waals surface area contributed by atoms with Gasteiger partial charge in [0, 0.05) is 24.7 Å². The summed E-state index contributed by atoms with van der Waals surface area (Å²) in [5, 5.41) is 12.1. The molecule has 2 N–H and O–H groups in total. The number of piperidine rings is 1. The minimum Gasteiger partial charge on any atom is -0.478 e. The zero-order chi connectivity index (χ0) is 18.4. The molecule has 2 aromatic rings. The molecule has 0 bridgehead atoms. The molecule has 5 heteroatoms. The molecule has 1 aliphatic rings. The molecule has 5 nitrogen and oxygen atoms in total. The Morgan fingerprint density at radius 2 is 1.73 bits per heavy atom. The van der Waals surface area contributed by atoms with Gasteiger partial charge in [-0.15, -0.1) is 0 Å². The van der Waals surface area contributed by atoms with Crippen molar-refractivity contribution in [1.82, 2.24) is 10.2 Å². The Bertz CT molecular complexity index is 744. The van der Waals surface area contributed by atoms with Gasteiger partial charge in [-0.05, 0) is 49.2 Å². The lowest BCUT2D eigenvalue weighted by atomic mass is 10.0. The molecule has 0 aliphatic carbocycles. The van der Waals surface area contributed by atoms with Gasteiger partial charge < -0.3 is 10.4 Å². The number of amides is 1. The standard InChI is InChI=1S/C21H24N2O3/c24-20(17-6-2-1-3-7-17)22-14-19-8-4-5-13-23(19)15-16-9-11-18(12-10-16)21(25)26/h1-3,6-7,9-12,19H,4-5,8,13-15H2,(H,22,24)(H,25,26). The summed E-state index contributed by atoms with van der Waals surface area (Å²) in [7, 11) is 0. The number of hydrogen-bond acceptors (Lipinski definition) is 3. The van der Waals surface area contributed by atoms with Gasteiger partial charge in [-0.25, -0.2) is 4.79 Å². The number of rotatable bonds is 6.